The van der Waals surface area contributed by atoms with Crippen LogP contribution in [0.15, 0.2) is 41.3 Å². The van der Waals surface area contributed by atoms with Crippen LogP contribution < -0.4 is 16.0 Å². The van der Waals surface area contributed by atoms with Crippen molar-refractivity contribution < 1.29 is 13.9 Å². The number of nitrogens with zero attached hydrogens (tertiary/aromatic N) is 1. The molecule has 2 aromatic rings. The number of pyridine rings is 1. The normalized spacial score (nSPS) is 10.2. The Labute approximate surface area is 108 Å². The topological polar surface area (TPSA) is 74.3 Å². The number of hydrogen-bond donors (Lipinski definition) is 1. The van der Waals surface area contributed by atoms with Crippen molar-refractivity contribution in [2.75, 3.05) is 7.11 Å². The number of benzene rings is 1. The first-order chi connectivity index (χ1) is 9.02. The Balaban J connectivity index is 2.67. The first kappa shape index (κ1) is 12.8. The molecule has 0 bridgehead atoms. The van der Waals surface area contributed by atoms with Gasteiger partial charge in [0.05, 0.1) is 18.4 Å². The van der Waals surface area contributed by atoms with E-state index < -0.39 is 17.3 Å². The average Bonchev–Trinajstić information content (AvgIpc) is 2.40. The first-order valence-electron chi connectivity index (χ1n) is 5.39. The van der Waals surface area contributed by atoms with Gasteiger partial charge in [0.15, 0.2) is 0 Å². The first-order valence-corrected chi connectivity index (χ1v) is 5.39. The molecule has 0 aliphatic carbocycles. The van der Waals surface area contributed by atoms with E-state index in [1.165, 1.54) is 37.6 Å². The Morgan fingerprint density at radius 2 is 2.05 bits per heavy atom. The van der Waals surface area contributed by atoms with Crippen molar-refractivity contribution in [3.63, 3.8) is 0 Å². The minimum Gasteiger partial charge on any atom is -0.497 e. The van der Waals surface area contributed by atoms with Crippen LogP contribution in [0.3, 0.4) is 0 Å². The number of primary amides is 1. The highest BCUT2D eigenvalue weighted by Gasteiger charge is 2.10. The highest BCUT2D eigenvalue weighted by molar-refractivity contribution is 5.92. The predicted octanol–water partition coefficient (Wildman–Crippen LogP) is 1.08. The van der Waals surface area contributed by atoms with Crippen molar-refractivity contribution in [1.82, 2.24) is 4.57 Å². The fourth-order valence-electron chi connectivity index (χ4n) is 1.63. The molecule has 1 aromatic carbocycles. The molecule has 1 aromatic heterocycles. The molecule has 0 unspecified atom stereocenters. The Kier molecular flexibility index (Phi) is 3.33. The standard InChI is InChI=1S/C13H11FN2O3/c1-19-9-3-4-10(14)11(6-9)16-7-8(13(15)18)2-5-12(16)17/h2-7H,1H3,(H2,15,18). The summed E-state index contributed by atoms with van der Waals surface area (Å²) in [5.41, 5.74) is 4.76. The van der Waals surface area contributed by atoms with Gasteiger partial charge in [-0.15, -0.1) is 0 Å². The second-order valence-corrected chi connectivity index (χ2v) is 3.81. The Morgan fingerprint density at radius 3 is 2.68 bits per heavy atom. The molecule has 2 rings (SSSR count). The lowest BCUT2D eigenvalue weighted by Crippen LogP contribution is -2.21. The number of carbonyl (C=O) groups excluding carboxylic acids is 1. The molecule has 5 nitrogen and oxygen atoms in total. The monoisotopic (exact) mass is 262 g/mol. The van der Waals surface area contributed by atoms with Crippen LogP contribution in [-0.2, 0) is 0 Å². The van der Waals surface area contributed by atoms with E-state index in [-0.39, 0.29) is 11.3 Å². The molecule has 0 aliphatic rings. The lowest BCUT2D eigenvalue weighted by atomic mass is 10.2. The highest BCUT2D eigenvalue weighted by Crippen LogP contribution is 2.19. The van der Waals surface area contributed by atoms with Crippen molar-refractivity contribution in [2.45, 2.75) is 0 Å². The molecule has 0 saturated heterocycles. The van der Waals surface area contributed by atoms with Gasteiger partial charge in [-0.05, 0) is 18.2 Å². The van der Waals surface area contributed by atoms with Gasteiger partial charge in [0.1, 0.15) is 11.6 Å². The van der Waals surface area contributed by atoms with Crippen molar-refractivity contribution in [2.24, 2.45) is 5.73 Å². The number of rotatable bonds is 3. The zero-order valence-corrected chi connectivity index (χ0v) is 10.1. The largest absolute Gasteiger partial charge is 0.497 e. The molecule has 0 spiro atoms. The summed E-state index contributed by atoms with van der Waals surface area (Å²) in [4.78, 5) is 22.8. The molecule has 0 radical (unpaired) electrons. The zero-order chi connectivity index (χ0) is 14.0. The number of ether oxygens (including phenoxy) is 1. The highest BCUT2D eigenvalue weighted by atomic mass is 19.1. The van der Waals surface area contributed by atoms with Crippen molar-refractivity contribution in [3.05, 3.63) is 58.3 Å². The van der Waals surface area contributed by atoms with Gasteiger partial charge in [-0.25, -0.2) is 4.39 Å². The van der Waals surface area contributed by atoms with E-state index in [2.05, 4.69) is 0 Å². The summed E-state index contributed by atoms with van der Waals surface area (Å²) in [6.45, 7) is 0. The van der Waals surface area contributed by atoms with E-state index in [4.69, 9.17) is 10.5 Å². The number of amides is 1. The molecular formula is C13H11FN2O3. The van der Waals surface area contributed by atoms with E-state index in [1.54, 1.807) is 0 Å². The van der Waals surface area contributed by atoms with E-state index in [0.717, 1.165) is 10.6 Å². The van der Waals surface area contributed by atoms with Crippen molar-refractivity contribution in [3.8, 4) is 11.4 Å². The quantitative estimate of drug-likeness (QED) is 0.899. The summed E-state index contributed by atoms with van der Waals surface area (Å²) < 4.78 is 19.8. The van der Waals surface area contributed by atoms with E-state index in [9.17, 15) is 14.0 Å². The van der Waals surface area contributed by atoms with Gasteiger partial charge in [0, 0.05) is 18.3 Å². The third kappa shape index (κ3) is 2.47. The molecular weight excluding hydrogens is 251 g/mol. The molecule has 98 valence electrons. The molecule has 19 heavy (non-hydrogen) atoms. The van der Waals surface area contributed by atoms with Crippen LogP contribution in [0.1, 0.15) is 10.4 Å². The van der Waals surface area contributed by atoms with Crippen molar-refractivity contribution >= 4 is 5.91 Å². The number of hydrogen-bond acceptors (Lipinski definition) is 3. The maximum absolute atomic E-state index is 13.8. The summed E-state index contributed by atoms with van der Waals surface area (Å²) >= 11 is 0. The number of methoxy groups -OCH3 is 1. The fourth-order valence-corrected chi connectivity index (χ4v) is 1.63. The molecule has 2 N–H and O–H groups in total. The van der Waals surface area contributed by atoms with Gasteiger partial charge in [-0.1, -0.05) is 0 Å². The lowest BCUT2D eigenvalue weighted by Gasteiger charge is -2.09. The van der Waals surface area contributed by atoms with Gasteiger partial charge in [0.2, 0.25) is 5.91 Å². The second kappa shape index (κ2) is 4.93. The minimum absolute atomic E-state index is 0.00699. The maximum atomic E-state index is 13.8. The summed E-state index contributed by atoms with van der Waals surface area (Å²) in [5, 5.41) is 0. The molecule has 0 aliphatic heterocycles. The van der Waals surface area contributed by atoms with Crippen LogP contribution in [0.2, 0.25) is 0 Å². The Morgan fingerprint density at radius 1 is 1.32 bits per heavy atom. The Bertz CT molecular complexity index is 695. The summed E-state index contributed by atoms with van der Waals surface area (Å²) in [6, 6.07) is 6.42. The van der Waals surface area contributed by atoms with Crippen LogP contribution in [0.25, 0.3) is 5.69 Å². The molecule has 0 atom stereocenters. The van der Waals surface area contributed by atoms with Crippen LogP contribution >= 0.6 is 0 Å². The van der Waals surface area contributed by atoms with Crippen LogP contribution in [0.5, 0.6) is 5.75 Å². The number of nitrogens with two attached hydrogens (primary N) is 1. The zero-order valence-electron chi connectivity index (χ0n) is 10.1. The molecule has 1 heterocycles. The summed E-state index contributed by atoms with van der Waals surface area (Å²) in [5.74, 6) is -0.908. The van der Waals surface area contributed by atoms with Crippen LogP contribution in [0.4, 0.5) is 4.39 Å². The van der Waals surface area contributed by atoms with Gasteiger partial charge in [-0.2, -0.15) is 0 Å². The molecule has 0 fully saturated rings. The number of carbonyl (C=O) groups is 1. The maximum Gasteiger partial charge on any atom is 0.255 e. The minimum atomic E-state index is -0.697. The summed E-state index contributed by atoms with van der Waals surface area (Å²) in [6.07, 6.45) is 1.20. The number of aromatic nitrogens is 1. The third-order valence-electron chi connectivity index (χ3n) is 2.61. The van der Waals surface area contributed by atoms with Crippen molar-refractivity contribution in [1.29, 1.82) is 0 Å². The van der Waals surface area contributed by atoms with Gasteiger partial charge in [0.25, 0.3) is 5.56 Å². The van der Waals surface area contributed by atoms with Gasteiger partial charge >= 0.3 is 0 Å². The molecule has 6 heteroatoms. The second-order valence-electron chi connectivity index (χ2n) is 3.81. The smallest absolute Gasteiger partial charge is 0.255 e. The van der Waals surface area contributed by atoms with E-state index in [1.807, 2.05) is 0 Å². The van der Waals surface area contributed by atoms with Gasteiger partial charge < -0.3 is 10.5 Å². The molecule has 1 amide bonds. The number of halogens is 1. The lowest BCUT2D eigenvalue weighted by molar-refractivity contribution is 0.0999. The predicted molar refractivity (Wildman–Crippen MR) is 67.1 cm³/mol. The fraction of sp³-hybridized carbons (Fsp3) is 0.0769. The van der Waals surface area contributed by atoms with Gasteiger partial charge in [-0.3, -0.25) is 14.2 Å². The Hall–Kier alpha value is -2.63. The van der Waals surface area contributed by atoms with Crippen LogP contribution in [-0.4, -0.2) is 17.6 Å². The average molecular weight is 262 g/mol. The third-order valence-corrected chi connectivity index (χ3v) is 2.61. The summed E-state index contributed by atoms with van der Waals surface area (Å²) in [7, 11) is 1.43. The molecule has 0 saturated carbocycles. The SMILES string of the molecule is COc1ccc(F)c(-n2cc(C(N)=O)ccc2=O)c1. The van der Waals surface area contributed by atoms with E-state index in [0.29, 0.717) is 5.75 Å². The van der Waals surface area contributed by atoms with E-state index >= 15 is 0 Å². The van der Waals surface area contributed by atoms with Crippen LogP contribution in [0, 0.1) is 5.82 Å².